The van der Waals surface area contributed by atoms with Crippen LogP contribution < -0.4 is 10.0 Å². The summed E-state index contributed by atoms with van der Waals surface area (Å²) >= 11 is 0. The molecule has 2 aromatic rings. The first kappa shape index (κ1) is 18.6. The molecule has 5 nitrogen and oxygen atoms in total. The van der Waals surface area contributed by atoms with E-state index < -0.39 is 10.0 Å². The third-order valence-corrected chi connectivity index (χ3v) is 6.21. The largest absolute Gasteiger partial charge is 0.322 e. The van der Waals surface area contributed by atoms with E-state index in [-0.39, 0.29) is 16.8 Å². The molecule has 0 bridgehead atoms. The Kier molecular flexibility index (Phi) is 5.44. The van der Waals surface area contributed by atoms with Crippen LogP contribution in [0.4, 0.5) is 5.69 Å². The summed E-state index contributed by atoms with van der Waals surface area (Å²) in [5, 5.41) is 2.94. The van der Waals surface area contributed by atoms with Crippen LogP contribution in [0, 0.1) is 0 Å². The molecule has 1 aliphatic carbocycles. The number of hydrogen-bond acceptors (Lipinski definition) is 3. The maximum absolute atomic E-state index is 12.5. The number of anilines is 1. The maximum Gasteiger partial charge on any atom is 0.255 e. The predicted molar refractivity (Wildman–Crippen MR) is 103 cm³/mol. The van der Waals surface area contributed by atoms with E-state index in [4.69, 9.17) is 0 Å². The van der Waals surface area contributed by atoms with Crippen molar-refractivity contribution < 1.29 is 13.2 Å². The van der Waals surface area contributed by atoms with Gasteiger partial charge in [-0.05, 0) is 61.1 Å². The van der Waals surface area contributed by atoms with Crippen LogP contribution in [0.2, 0.25) is 0 Å². The second-order valence-corrected chi connectivity index (χ2v) is 8.48. The first-order valence-electron chi connectivity index (χ1n) is 8.93. The Morgan fingerprint density at radius 1 is 1.12 bits per heavy atom. The molecule has 0 aromatic heterocycles. The molecule has 1 amide bonds. The van der Waals surface area contributed by atoms with E-state index >= 15 is 0 Å². The van der Waals surface area contributed by atoms with Gasteiger partial charge >= 0.3 is 0 Å². The predicted octanol–water partition coefficient (Wildman–Crippen LogP) is 3.89. The summed E-state index contributed by atoms with van der Waals surface area (Å²) in [6.07, 6.45) is 2.75. The highest BCUT2D eigenvalue weighted by atomic mass is 32.2. The molecule has 0 heterocycles. The van der Waals surface area contributed by atoms with Gasteiger partial charge in [0, 0.05) is 17.3 Å². The second-order valence-electron chi connectivity index (χ2n) is 6.77. The molecule has 0 spiro atoms. The smallest absolute Gasteiger partial charge is 0.255 e. The van der Waals surface area contributed by atoms with Crippen LogP contribution in [-0.4, -0.2) is 20.4 Å². The number of benzene rings is 2. The minimum absolute atomic E-state index is 0.0556. The molecule has 2 N–H and O–H groups in total. The van der Waals surface area contributed by atoms with E-state index in [9.17, 15) is 13.2 Å². The number of nitrogens with one attached hydrogen (secondary N) is 2. The van der Waals surface area contributed by atoms with Crippen molar-refractivity contribution in [1.29, 1.82) is 0 Å². The highest BCUT2D eigenvalue weighted by molar-refractivity contribution is 7.89. The monoisotopic (exact) mass is 372 g/mol. The minimum Gasteiger partial charge on any atom is -0.322 e. The lowest BCUT2D eigenvalue weighted by atomic mass is 9.97. The number of amides is 1. The molecule has 1 fully saturated rings. The van der Waals surface area contributed by atoms with Crippen LogP contribution in [0.1, 0.15) is 54.9 Å². The summed E-state index contributed by atoms with van der Waals surface area (Å²) in [5.41, 5.74) is 2.31. The standard InChI is InChI=1S/C20H24N2O3S/c1-3-14(2)18-6-4-5-7-19(18)21-20(23)15-8-12-17(13-9-15)26(24,25)22-16-10-11-16/h4-9,12-14,16,22H,3,10-11H2,1-2H3,(H,21,23)/t14-/m1/s1. The molecule has 1 saturated carbocycles. The van der Waals surface area contributed by atoms with Crippen molar-refractivity contribution in [2.45, 2.75) is 50.0 Å². The highest BCUT2D eigenvalue weighted by Crippen LogP contribution is 2.27. The van der Waals surface area contributed by atoms with Gasteiger partial charge in [0.25, 0.3) is 5.91 Å². The Labute approximate surface area is 154 Å². The van der Waals surface area contributed by atoms with Crippen LogP contribution in [0.25, 0.3) is 0 Å². The number of hydrogen-bond donors (Lipinski definition) is 2. The Hall–Kier alpha value is -2.18. The molecule has 26 heavy (non-hydrogen) atoms. The number of carbonyl (C=O) groups excluding carboxylic acids is 1. The fourth-order valence-corrected chi connectivity index (χ4v) is 4.03. The number of para-hydroxylation sites is 1. The van der Waals surface area contributed by atoms with Crippen LogP contribution in [0.5, 0.6) is 0 Å². The molecular formula is C20H24N2O3S. The zero-order valence-electron chi connectivity index (χ0n) is 15.0. The van der Waals surface area contributed by atoms with E-state index in [0.29, 0.717) is 11.5 Å². The lowest BCUT2D eigenvalue weighted by Gasteiger charge is -2.15. The van der Waals surface area contributed by atoms with Crippen LogP contribution >= 0.6 is 0 Å². The molecular weight excluding hydrogens is 348 g/mol. The van der Waals surface area contributed by atoms with Crippen molar-refractivity contribution in [2.24, 2.45) is 0 Å². The van der Waals surface area contributed by atoms with Gasteiger partial charge in [0.2, 0.25) is 10.0 Å². The molecule has 0 aliphatic heterocycles. The zero-order valence-corrected chi connectivity index (χ0v) is 15.8. The van der Waals surface area contributed by atoms with Gasteiger partial charge in [0.05, 0.1) is 4.90 Å². The van der Waals surface area contributed by atoms with Gasteiger partial charge in [-0.15, -0.1) is 0 Å². The van der Waals surface area contributed by atoms with Gasteiger partial charge in [0.1, 0.15) is 0 Å². The number of carbonyl (C=O) groups is 1. The van der Waals surface area contributed by atoms with E-state index in [1.54, 1.807) is 12.1 Å². The van der Waals surface area contributed by atoms with Gasteiger partial charge < -0.3 is 5.32 Å². The third-order valence-electron chi connectivity index (χ3n) is 4.68. The van der Waals surface area contributed by atoms with Gasteiger partial charge in [0.15, 0.2) is 0 Å². The molecule has 3 rings (SSSR count). The van der Waals surface area contributed by atoms with Gasteiger partial charge in [-0.2, -0.15) is 0 Å². The first-order chi connectivity index (χ1) is 12.4. The fraction of sp³-hybridized carbons (Fsp3) is 0.350. The second kappa shape index (κ2) is 7.60. The van der Waals surface area contributed by atoms with Crippen LogP contribution in [0.3, 0.4) is 0 Å². The topological polar surface area (TPSA) is 75.3 Å². The first-order valence-corrected chi connectivity index (χ1v) is 10.4. The molecule has 2 aromatic carbocycles. The molecule has 138 valence electrons. The van der Waals surface area contributed by atoms with Crippen LogP contribution in [0.15, 0.2) is 53.4 Å². The summed E-state index contributed by atoms with van der Waals surface area (Å²) in [4.78, 5) is 12.7. The third kappa shape index (κ3) is 4.31. The normalized spacial score (nSPS) is 15.5. The average Bonchev–Trinajstić information content (AvgIpc) is 3.45. The Morgan fingerprint density at radius 2 is 1.77 bits per heavy atom. The minimum atomic E-state index is -3.50. The van der Waals surface area contributed by atoms with Crippen molar-refractivity contribution in [1.82, 2.24) is 4.72 Å². The highest BCUT2D eigenvalue weighted by Gasteiger charge is 2.28. The molecule has 0 unspecified atom stereocenters. The van der Waals surface area contributed by atoms with Crippen molar-refractivity contribution >= 4 is 21.6 Å². The molecule has 6 heteroatoms. The Bertz CT molecular complexity index is 888. The average molecular weight is 372 g/mol. The van der Waals surface area contributed by atoms with E-state index in [1.165, 1.54) is 12.1 Å². The Balaban J connectivity index is 1.75. The summed E-state index contributed by atoms with van der Waals surface area (Å²) in [6, 6.07) is 13.8. The Morgan fingerprint density at radius 3 is 2.38 bits per heavy atom. The quantitative estimate of drug-likeness (QED) is 0.774. The van der Waals surface area contributed by atoms with Crippen molar-refractivity contribution in [3.05, 3.63) is 59.7 Å². The number of sulfonamides is 1. The molecule has 0 radical (unpaired) electrons. The lowest BCUT2D eigenvalue weighted by Crippen LogP contribution is -2.25. The van der Waals surface area contributed by atoms with Crippen molar-refractivity contribution in [2.75, 3.05) is 5.32 Å². The van der Waals surface area contributed by atoms with Gasteiger partial charge in [-0.25, -0.2) is 13.1 Å². The molecule has 0 saturated heterocycles. The van der Waals surface area contributed by atoms with E-state index in [2.05, 4.69) is 23.9 Å². The summed E-state index contributed by atoms with van der Waals surface area (Å²) < 4.78 is 27.0. The molecule has 1 atom stereocenters. The van der Waals surface area contributed by atoms with E-state index in [1.807, 2.05) is 24.3 Å². The van der Waals surface area contributed by atoms with Gasteiger partial charge in [-0.3, -0.25) is 4.79 Å². The lowest BCUT2D eigenvalue weighted by molar-refractivity contribution is 0.102. The maximum atomic E-state index is 12.5. The summed E-state index contributed by atoms with van der Waals surface area (Å²) in [7, 11) is -3.50. The molecule has 1 aliphatic rings. The van der Waals surface area contributed by atoms with Crippen molar-refractivity contribution in [3.8, 4) is 0 Å². The summed E-state index contributed by atoms with van der Waals surface area (Å²) in [6.45, 7) is 4.23. The fourth-order valence-electron chi connectivity index (χ4n) is 2.73. The van der Waals surface area contributed by atoms with Gasteiger partial charge in [-0.1, -0.05) is 32.0 Å². The van der Waals surface area contributed by atoms with Crippen molar-refractivity contribution in [3.63, 3.8) is 0 Å². The van der Waals surface area contributed by atoms with Crippen LogP contribution in [-0.2, 0) is 10.0 Å². The zero-order chi connectivity index (χ0) is 18.7. The SMILES string of the molecule is CC[C@@H](C)c1ccccc1NC(=O)c1ccc(S(=O)(=O)NC2CC2)cc1. The number of rotatable bonds is 7. The van der Waals surface area contributed by atoms with E-state index in [0.717, 1.165) is 30.5 Å². The summed E-state index contributed by atoms with van der Waals surface area (Å²) in [5.74, 6) is 0.0902.